The highest BCUT2D eigenvalue weighted by Crippen LogP contribution is 2.03. The minimum absolute atomic E-state index is 0.717. The first-order chi connectivity index (χ1) is 9.26. The largest absolute Gasteiger partial charge is 0.385 e. The van der Waals surface area contributed by atoms with Crippen molar-refractivity contribution in [2.24, 2.45) is 0 Å². The zero-order valence-electron chi connectivity index (χ0n) is 12.5. The topological polar surface area (TPSA) is 12.5 Å². The second kappa shape index (κ2) is 9.07. The molecule has 1 rings (SSSR count). The molecule has 0 unspecified atom stereocenters. The van der Waals surface area contributed by atoms with Gasteiger partial charge in [0.15, 0.2) is 0 Å². The Balaban J connectivity index is 2.91. The normalized spacial score (nSPS) is 11.2. The maximum absolute atomic E-state index is 5.72. The summed E-state index contributed by atoms with van der Waals surface area (Å²) in [5.74, 6) is 0. The molecule has 0 aliphatic heterocycles. The molecule has 3 heteroatoms. The van der Waals surface area contributed by atoms with E-state index in [1.807, 2.05) is 6.08 Å². The number of hydrogen-bond donors (Lipinski definition) is 0. The Morgan fingerprint density at radius 1 is 1.21 bits per heavy atom. The summed E-state index contributed by atoms with van der Waals surface area (Å²) in [7, 11) is -0.717. The van der Waals surface area contributed by atoms with E-state index in [1.54, 1.807) is 0 Å². The summed E-state index contributed by atoms with van der Waals surface area (Å²) in [6.07, 6.45) is 3.99. The maximum Gasteiger partial charge on any atom is 0.132 e. The van der Waals surface area contributed by atoms with Crippen LogP contribution in [0.1, 0.15) is 26.3 Å². The van der Waals surface area contributed by atoms with Gasteiger partial charge in [-0.15, -0.1) is 0 Å². The van der Waals surface area contributed by atoms with Crippen LogP contribution in [0.25, 0.3) is 6.08 Å². The summed E-state index contributed by atoms with van der Waals surface area (Å²) in [6, 6.07) is 8.61. The quantitative estimate of drug-likeness (QED) is 0.643. The van der Waals surface area contributed by atoms with Gasteiger partial charge in [0.05, 0.1) is 0 Å². The van der Waals surface area contributed by atoms with Gasteiger partial charge in [-0.3, -0.25) is 0 Å². The third kappa shape index (κ3) is 4.94. The highest BCUT2D eigenvalue weighted by Gasteiger charge is 2.19. The van der Waals surface area contributed by atoms with Crippen LogP contribution >= 0.6 is 0 Å². The summed E-state index contributed by atoms with van der Waals surface area (Å²) in [5.41, 5.74) is 1.27. The van der Waals surface area contributed by atoms with E-state index in [0.717, 1.165) is 32.1 Å². The van der Waals surface area contributed by atoms with Crippen LogP contribution in [0.2, 0.25) is 0 Å². The zero-order chi connectivity index (χ0) is 14.1. The Hall–Kier alpha value is -0.903. The Morgan fingerprint density at radius 3 is 2.47 bits per heavy atom. The molecule has 0 bridgehead atoms. The molecule has 0 saturated carbocycles. The molecule has 0 heterocycles. The van der Waals surface area contributed by atoms with Crippen molar-refractivity contribution in [1.29, 1.82) is 0 Å². The van der Waals surface area contributed by atoms with Gasteiger partial charge in [-0.05, 0) is 31.7 Å². The van der Waals surface area contributed by atoms with E-state index in [-0.39, 0.29) is 0 Å². The van der Waals surface area contributed by atoms with Crippen LogP contribution in [-0.2, 0) is 4.74 Å². The van der Waals surface area contributed by atoms with Gasteiger partial charge in [0.25, 0.3) is 0 Å². The monoisotopic (exact) mass is 276 g/mol. The molecule has 0 amide bonds. The van der Waals surface area contributed by atoms with Gasteiger partial charge in [-0.25, -0.2) is 0 Å². The number of ether oxygens (including phenoxy) is 1. The maximum atomic E-state index is 5.72. The minimum Gasteiger partial charge on any atom is -0.385 e. The second-order valence-corrected chi connectivity index (χ2v) is 6.84. The predicted octanol–water partition coefficient (Wildman–Crippen LogP) is 2.49. The second-order valence-electron chi connectivity index (χ2n) is 4.49. The summed E-state index contributed by atoms with van der Waals surface area (Å²) in [5, 5.41) is 1.45. The van der Waals surface area contributed by atoms with Gasteiger partial charge in [0.2, 0.25) is 0 Å². The van der Waals surface area contributed by atoms with Crippen LogP contribution in [0.3, 0.4) is 0 Å². The predicted molar refractivity (Wildman–Crippen MR) is 86.2 cm³/mol. The molecule has 105 valence electrons. The fraction of sp³-hybridized carbons (Fsp3) is 0.500. The molecule has 2 nitrogen and oxygen atoms in total. The van der Waals surface area contributed by atoms with Crippen LogP contribution in [0.5, 0.6) is 0 Å². The van der Waals surface area contributed by atoms with Crippen molar-refractivity contribution in [1.82, 2.24) is 4.90 Å². The number of nitrogens with zero attached hydrogens (tertiary/aromatic N) is 1. The SMILES string of the molecule is C=Cc1ccccc1[Si](COCC)CN(CC)CC. The fourth-order valence-corrected chi connectivity index (χ4v) is 4.93. The summed E-state index contributed by atoms with van der Waals surface area (Å²) in [6.45, 7) is 13.5. The van der Waals surface area contributed by atoms with Crippen LogP contribution in [-0.4, -0.2) is 45.8 Å². The Kier molecular flexibility index (Phi) is 7.71. The van der Waals surface area contributed by atoms with Crippen molar-refractivity contribution < 1.29 is 4.74 Å². The summed E-state index contributed by atoms with van der Waals surface area (Å²) >= 11 is 0. The first-order valence-electron chi connectivity index (χ1n) is 7.13. The van der Waals surface area contributed by atoms with E-state index in [0.29, 0.717) is 0 Å². The van der Waals surface area contributed by atoms with Crippen molar-refractivity contribution in [2.75, 3.05) is 32.1 Å². The van der Waals surface area contributed by atoms with Gasteiger partial charge in [-0.2, -0.15) is 0 Å². The molecule has 0 aromatic heterocycles. The fourth-order valence-electron chi connectivity index (χ4n) is 2.15. The van der Waals surface area contributed by atoms with E-state index in [2.05, 4.69) is 56.5 Å². The van der Waals surface area contributed by atoms with Crippen molar-refractivity contribution in [2.45, 2.75) is 20.8 Å². The molecule has 0 atom stereocenters. The van der Waals surface area contributed by atoms with Crippen molar-refractivity contribution in [3.63, 3.8) is 0 Å². The number of rotatable bonds is 9. The molecule has 1 radical (unpaired) electrons. The van der Waals surface area contributed by atoms with Gasteiger partial charge in [0.1, 0.15) is 8.80 Å². The molecule has 0 aliphatic carbocycles. The smallest absolute Gasteiger partial charge is 0.132 e. The Morgan fingerprint density at radius 2 is 1.89 bits per heavy atom. The van der Waals surface area contributed by atoms with Crippen molar-refractivity contribution in [3.05, 3.63) is 36.4 Å². The van der Waals surface area contributed by atoms with Crippen LogP contribution in [0, 0.1) is 0 Å². The first kappa shape index (κ1) is 16.2. The van der Waals surface area contributed by atoms with E-state index in [4.69, 9.17) is 4.74 Å². The highest BCUT2D eigenvalue weighted by molar-refractivity contribution is 6.74. The molecule has 1 aromatic rings. The van der Waals surface area contributed by atoms with Gasteiger partial charge < -0.3 is 9.64 Å². The number of benzene rings is 1. The summed E-state index contributed by atoms with van der Waals surface area (Å²) < 4.78 is 5.72. The molecular formula is C16H26NOSi. The average Bonchev–Trinajstić information content (AvgIpc) is 2.47. The summed E-state index contributed by atoms with van der Waals surface area (Å²) in [4.78, 5) is 2.49. The third-order valence-corrected chi connectivity index (χ3v) is 5.95. The van der Waals surface area contributed by atoms with E-state index >= 15 is 0 Å². The van der Waals surface area contributed by atoms with E-state index < -0.39 is 8.80 Å². The van der Waals surface area contributed by atoms with Crippen LogP contribution in [0.4, 0.5) is 0 Å². The lowest BCUT2D eigenvalue weighted by atomic mass is 10.2. The van der Waals surface area contributed by atoms with E-state index in [9.17, 15) is 0 Å². The lowest BCUT2D eigenvalue weighted by Gasteiger charge is -2.25. The van der Waals surface area contributed by atoms with Crippen LogP contribution in [0.15, 0.2) is 30.8 Å². The molecule has 0 aliphatic rings. The molecule has 19 heavy (non-hydrogen) atoms. The lowest BCUT2D eigenvalue weighted by molar-refractivity contribution is 0.189. The van der Waals surface area contributed by atoms with Gasteiger partial charge in [0, 0.05) is 12.8 Å². The Labute approximate surface area is 119 Å². The van der Waals surface area contributed by atoms with Crippen LogP contribution < -0.4 is 5.19 Å². The molecule has 0 N–H and O–H groups in total. The van der Waals surface area contributed by atoms with Crippen molar-refractivity contribution >= 4 is 20.1 Å². The zero-order valence-corrected chi connectivity index (χ0v) is 13.5. The molecular weight excluding hydrogens is 250 g/mol. The number of hydrogen-bond acceptors (Lipinski definition) is 2. The standard InChI is InChI=1S/C16H26NOSi/c1-5-15-11-9-10-12-16(15)19(14-18-8-4)13-17(6-2)7-3/h5,9-12H,1,6-8,13-14H2,2-4H3. The Bertz CT molecular complexity index is 377. The molecule has 0 fully saturated rings. The first-order valence-corrected chi connectivity index (χ1v) is 9.04. The lowest BCUT2D eigenvalue weighted by Crippen LogP contribution is -2.47. The molecule has 0 saturated heterocycles. The van der Waals surface area contributed by atoms with E-state index in [1.165, 1.54) is 10.8 Å². The third-order valence-electron chi connectivity index (χ3n) is 3.35. The molecule has 1 aromatic carbocycles. The average molecular weight is 276 g/mol. The van der Waals surface area contributed by atoms with Gasteiger partial charge in [-0.1, -0.05) is 56.0 Å². The molecule has 0 spiro atoms. The van der Waals surface area contributed by atoms with Crippen molar-refractivity contribution in [3.8, 4) is 0 Å². The highest BCUT2D eigenvalue weighted by atomic mass is 28.3. The minimum atomic E-state index is -0.717. The van der Waals surface area contributed by atoms with Gasteiger partial charge >= 0.3 is 0 Å².